The first kappa shape index (κ1) is 21.7. The third-order valence-electron chi connectivity index (χ3n) is 5.58. The van der Waals surface area contributed by atoms with Gasteiger partial charge in [-0.25, -0.2) is 0 Å². The van der Waals surface area contributed by atoms with Crippen LogP contribution in [-0.2, 0) is 4.79 Å². The highest BCUT2D eigenvalue weighted by molar-refractivity contribution is 6.14. The lowest BCUT2D eigenvalue weighted by atomic mass is 9.77. The van der Waals surface area contributed by atoms with Crippen molar-refractivity contribution in [3.8, 4) is 0 Å². The molecular formula is C26H20N6O. The van der Waals surface area contributed by atoms with Crippen LogP contribution in [0.2, 0.25) is 0 Å². The molecule has 0 radical (unpaired) electrons. The minimum absolute atomic E-state index is 0.0282. The van der Waals surface area contributed by atoms with Gasteiger partial charge in [-0.1, -0.05) is 89.1 Å². The lowest BCUT2D eigenvalue weighted by Crippen LogP contribution is -2.19. The van der Waals surface area contributed by atoms with Crippen molar-refractivity contribution in [3.05, 3.63) is 128 Å². The second kappa shape index (κ2) is 10.2. The maximum atomic E-state index is 13.4. The summed E-state index contributed by atoms with van der Waals surface area (Å²) in [6.45, 7) is 0. The molecule has 1 unspecified atom stereocenters. The van der Waals surface area contributed by atoms with Gasteiger partial charge in [0, 0.05) is 32.3 Å². The Morgan fingerprint density at radius 2 is 1.15 bits per heavy atom. The fraction of sp³-hybridized carbons (Fsp3) is 0.115. The zero-order valence-corrected chi connectivity index (χ0v) is 17.7. The highest BCUT2D eigenvalue weighted by Crippen LogP contribution is 2.38. The molecule has 3 aromatic rings. The molecule has 7 nitrogen and oxygen atoms in total. The van der Waals surface area contributed by atoms with Crippen molar-refractivity contribution >= 4 is 29.3 Å². The standard InChI is InChI=1S/C26H20N6O/c27-31-29-24-10-6-18(7-11-24)14-22-16-21(20-4-2-1-3-5-20)17-23(26(22)33)15-19-8-12-25(13-9-19)30-32-28/h1-15,21H,16-17H2/b22-14-,23-15+. The first-order valence-corrected chi connectivity index (χ1v) is 10.5. The molecule has 1 aliphatic carbocycles. The van der Waals surface area contributed by atoms with Gasteiger partial charge in [0.2, 0.25) is 0 Å². The lowest BCUT2D eigenvalue weighted by Gasteiger charge is -2.26. The molecule has 0 aromatic heterocycles. The van der Waals surface area contributed by atoms with Crippen molar-refractivity contribution in [1.29, 1.82) is 0 Å². The molecule has 1 aliphatic rings. The Morgan fingerprint density at radius 3 is 1.58 bits per heavy atom. The molecule has 4 rings (SSSR count). The van der Waals surface area contributed by atoms with Crippen LogP contribution in [0.25, 0.3) is 33.0 Å². The number of nitrogens with zero attached hydrogens (tertiary/aromatic N) is 6. The van der Waals surface area contributed by atoms with Gasteiger partial charge >= 0.3 is 0 Å². The van der Waals surface area contributed by atoms with Gasteiger partial charge in [-0.05, 0) is 58.7 Å². The van der Waals surface area contributed by atoms with E-state index in [1.54, 1.807) is 24.3 Å². The second-order valence-electron chi connectivity index (χ2n) is 7.75. The van der Waals surface area contributed by atoms with Gasteiger partial charge < -0.3 is 0 Å². The minimum Gasteiger partial charge on any atom is -0.289 e. The lowest BCUT2D eigenvalue weighted by molar-refractivity contribution is -0.113. The summed E-state index contributed by atoms with van der Waals surface area (Å²) < 4.78 is 0. The molecule has 1 fully saturated rings. The number of carbonyl (C=O) groups is 1. The summed E-state index contributed by atoms with van der Waals surface area (Å²) >= 11 is 0. The van der Waals surface area contributed by atoms with Crippen LogP contribution in [0.5, 0.6) is 0 Å². The van der Waals surface area contributed by atoms with E-state index in [2.05, 4.69) is 32.2 Å². The molecule has 1 saturated carbocycles. The van der Waals surface area contributed by atoms with Crippen LogP contribution in [-0.4, -0.2) is 5.78 Å². The van der Waals surface area contributed by atoms with Crippen molar-refractivity contribution in [3.63, 3.8) is 0 Å². The van der Waals surface area contributed by atoms with Crippen LogP contribution in [0.15, 0.2) is 100 Å². The Bertz CT molecular complexity index is 1230. The first-order chi connectivity index (χ1) is 16.2. The molecule has 3 aromatic carbocycles. The summed E-state index contributed by atoms with van der Waals surface area (Å²) in [6.07, 6.45) is 5.12. The van der Waals surface area contributed by atoms with E-state index in [0.717, 1.165) is 22.3 Å². The second-order valence-corrected chi connectivity index (χ2v) is 7.75. The highest BCUT2D eigenvalue weighted by Gasteiger charge is 2.28. The average molecular weight is 432 g/mol. The molecule has 160 valence electrons. The van der Waals surface area contributed by atoms with Gasteiger partial charge in [0.05, 0.1) is 0 Å². The van der Waals surface area contributed by atoms with E-state index >= 15 is 0 Å². The number of carbonyl (C=O) groups excluding carboxylic acids is 1. The maximum absolute atomic E-state index is 13.4. The fourth-order valence-electron chi connectivity index (χ4n) is 3.98. The predicted octanol–water partition coefficient (Wildman–Crippen LogP) is 8.18. The van der Waals surface area contributed by atoms with Gasteiger partial charge in [-0.3, -0.25) is 4.79 Å². The fourth-order valence-corrected chi connectivity index (χ4v) is 3.98. The van der Waals surface area contributed by atoms with Crippen molar-refractivity contribution < 1.29 is 4.79 Å². The van der Waals surface area contributed by atoms with Gasteiger partial charge in [0.1, 0.15) is 0 Å². The van der Waals surface area contributed by atoms with E-state index < -0.39 is 0 Å². The number of azide groups is 2. The number of Topliss-reactive ketones (excluding diaryl/α,β-unsaturated/α-hetero) is 1. The van der Waals surface area contributed by atoms with E-state index in [-0.39, 0.29) is 11.7 Å². The number of hydrogen-bond acceptors (Lipinski definition) is 3. The van der Waals surface area contributed by atoms with E-state index in [9.17, 15) is 4.79 Å². The molecule has 0 amide bonds. The predicted molar refractivity (Wildman–Crippen MR) is 130 cm³/mol. The van der Waals surface area contributed by atoms with Crippen LogP contribution in [0.1, 0.15) is 35.4 Å². The average Bonchev–Trinajstić information content (AvgIpc) is 2.85. The normalized spacial score (nSPS) is 17.9. The molecule has 0 bridgehead atoms. The Kier molecular flexibility index (Phi) is 6.67. The molecule has 7 heteroatoms. The Hall–Kier alpha value is -4.57. The molecule has 1 atom stereocenters. The Morgan fingerprint density at radius 1 is 0.697 bits per heavy atom. The molecule has 33 heavy (non-hydrogen) atoms. The van der Waals surface area contributed by atoms with Gasteiger partial charge in [0.15, 0.2) is 5.78 Å². The number of ketones is 1. The summed E-state index contributed by atoms with van der Waals surface area (Å²) in [5.41, 5.74) is 22.7. The van der Waals surface area contributed by atoms with E-state index in [0.29, 0.717) is 24.2 Å². The highest BCUT2D eigenvalue weighted by atomic mass is 16.1. The summed E-state index contributed by atoms with van der Waals surface area (Å²) in [5, 5.41) is 7.19. The van der Waals surface area contributed by atoms with E-state index in [4.69, 9.17) is 11.1 Å². The number of benzene rings is 3. The van der Waals surface area contributed by atoms with Crippen molar-refractivity contribution in [2.24, 2.45) is 10.2 Å². The number of rotatable bonds is 5. The monoisotopic (exact) mass is 432 g/mol. The van der Waals surface area contributed by atoms with Crippen molar-refractivity contribution in [2.75, 3.05) is 0 Å². The third kappa shape index (κ3) is 5.38. The van der Waals surface area contributed by atoms with Crippen LogP contribution in [0.4, 0.5) is 11.4 Å². The van der Waals surface area contributed by atoms with E-state index in [1.807, 2.05) is 54.6 Å². The zero-order valence-electron chi connectivity index (χ0n) is 17.7. The van der Waals surface area contributed by atoms with Crippen LogP contribution in [0.3, 0.4) is 0 Å². The minimum atomic E-state index is 0.0282. The van der Waals surface area contributed by atoms with Gasteiger partial charge in [-0.15, -0.1) is 0 Å². The summed E-state index contributed by atoms with van der Waals surface area (Å²) in [4.78, 5) is 19.0. The first-order valence-electron chi connectivity index (χ1n) is 10.5. The Balaban J connectivity index is 1.70. The van der Waals surface area contributed by atoms with Crippen molar-refractivity contribution in [1.82, 2.24) is 0 Å². The van der Waals surface area contributed by atoms with E-state index in [1.165, 1.54) is 5.56 Å². The molecule has 0 aliphatic heterocycles. The van der Waals surface area contributed by atoms with Crippen LogP contribution >= 0.6 is 0 Å². The topological polar surface area (TPSA) is 115 Å². The largest absolute Gasteiger partial charge is 0.289 e. The molecular weight excluding hydrogens is 412 g/mol. The summed E-state index contributed by atoms with van der Waals surface area (Å²) in [5.74, 6) is 0.215. The molecule has 0 saturated heterocycles. The summed E-state index contributed by atoms with van der Waals surface area (Å²) in [6, 6.07) is 24.5. The SMILES string of the molecule is [N-]=[N+]=Nc1ccc(/C=C2/CC(c3ccccc3)C/C(=C\c3ccc(N=[N+]=[N-])cc3)C2=O)cc1. The molecule has 0 heterocycles. The zero-order chi connectivity index (χ0) is 23.0. The third-order valence-corrected chi connectivity index (χ3v) is 5.58. The smallest absolute Gasteiger partial charge is 0.185 e. The van der Waals surface area contributed by atoms with Crippen LogP contribution < -0.4 is 0 Å². The number of hydrogen-bond donors (Lipinski definition) is 0. The number of allylic oxidation sites excluding steroid dienone is 2. The summed E-state index contributed by atoms with van der Waals surface area (Å²) in [7, 11) is 0. The Labute approximate surface area is 191 Å². The quantitative estimate of drug-likeness (QED) is 0.172. The van der Waals surface area contributed by atoms with Gasteiger partial charge in [-0.2, -0.15) is 0 Å². The van der Waals surface area contributed by atoms with Gasteiger partial charge in [0.25, 0.3) is 0 Å². The maximum Gasteiger partial charge on any atom is 0.185 e. The van der Waals surface area contributed by atoms with Crippen LogP contribution in [0, 0.1) is 0 Å². The van der Waals surface area contributed by atoms with Crippen molar-refractivity contribution in [2.45, 2.75) is 18.8 Å². The molecule has 0 spiro atoms. The molecule has 0 N–H and O–H groups in total.